The standard InChI is InChI=1S/C21H25N3O6/c1-4-23(17-7-5-6-15(2)12-17)11-10-22-20(25)14-30-19-9-8-16(21(26)29-3)13-18(19)24(27)28/h5-9,12-13H,4,10-11,14H2,1-3H3,(H,22,25). The van der Waals surface area contributed by atoms with Gasteiger partial charge in [-0.3, -0.25) is 14.9 Å². The maximum atomic E-state index is 12.1. The van der Waals surface area contributed by atoms with Gasteiger partial charge in [0, 0.05) is 31.4 Å². The molecule has 0 heterocycles. The molecule has 0 aliphatic rings. The molecule has 0 aromatic heterocycles. The molecule has 0 radical (unpaired) electrons. The van der Waals surface area contributed by atoms with E-state index >= 15 is 0 Å². The lowest BCUT2D eigenvalue weighted by Gasteiger charge is -2.23. The van der Waals surface area contributed by atoms with Crippen LogP contribution in [0.4, 0.5) is 11.4 Å². The Bertz CT molecular complexity index is 915. The quantitative estimate of drug-likeness (QED) is 0.361. The molecule has 0 aliphatic carbocycles. The van der Waals surface area contributed by atoms with Crippen molar-refractivity contribution >= 4 is 23.3 Å². The summed E-state index contributed by atoms with van der Waals surface area (Å²) in [5.74, 6) is -1.20. The summed E-state index contributed by atoms with van der Waals surface area (Å²) < 4.78 is 9.84. The fourth-order valence-corrected chi connectivity index (χ4v) is 2.85. The number of anilines is 1. The highest BCUT2D eigenvalue weighted by Crippen LogP contribution is 2.28. The van der Waals surface area contributed by atoms with Gasteiger partial charge in [-0.25, -0.2) is 4.79 Å². The van der Waals surface area contributed by atoms with Gasteiger partial charge in [0.25, 0.3) is 5.91 Å². The van der Waals surface area contributed by atoms with E-state index in [-0.39, 0.29) is 17.9 Å². The van der Waals surface area contributed by atoms with Crippen LogP contribution in [0, 0.1) is 17.0 Å². The number of nitrogens with zero attached hydrogens (tertiary/aromatic N) is 2. The fraction of sp³-hybridized carbons (Fsp3) is 0.333. The van der Waals surface area contributed by atoms with Gasteiger partial charge in [0.2, 0.25) is 0 Å². The van der Waals surface area contributed by atoms with Crippen molar-refractivity contribution in [1.29, 1.82) is 0 Å². The highest BCUT2D eigenvalue weighted by molar-refractivity contribution is 5.90. The summed E-state index contributed by atoms with van der Waals surface area (Å²) in [6.07, 6.45) is 0. The Balaban J connectivity index is 1.90. The number of hydrogen-bond donors (Lipinski definition) is 1. The number of methoxy groups -OCH3 is 1. The zero-order valence-corrected chi connectivity index (χ0v) is 17.2. The summed E-state index contributed by atoms with van der Waals surface area (Å²) in [5.41, 5.74) is 1.84. The molecule has 0 atom stereocenters. The van der Waals surface area contributed by atoms with E-state index in [0.29, 0.717) is 13.1 Å². The molecule has 0 aliphatic heterocycles. The van der Waals surface area contributed by atoms with Crippen molar-refractivity contribution in [3.8, 4) is 5.75 Å². The molecule has 0 bridgehead atoms. The number of ether oxygens (including phenoxy) is 2. The number of rotatable bonds is 10. The normalized spacial score (nSPS) is 10.2. The van der Waals surface area contributed by atoms with Gasteiger partial charge in [0.1, 0.15) is 0 Å². The Hall–Kier alpha value is -3.62. The van der Waals surface area contributed by atoms with Crippen molar-refractivity contribution in [2.45, 2.75) is 13.8 Å². The van der Waals surface area contributed by atoms with Crippen LogP contribution < -0.4 is 15.0 Å². The third kappa shape index (κ3) is 6.20. The molecule has 2 rings (SSSR count). The van der Waals surface area contributed by atoms with E-state index < -0.39 is 22.5 Å². The molecule has 9 heteroatoms. The van der Waals surface area contributed by atoms with Gasteiger partial charge in [0.05, 0.1) is 17.6 Å². The van der Waals surface area contributed by atoms with Crippen LogP contribution in [0.1, 0.15) is 22.8 Å². The second kappa shape index (κ2) is 10.8. The Morgan fingerprint density at radius 1 is 1.20 bits per heavy atom. The van der Waals surface area contributed by atoms with Gasteiger partial charge in [-0.05, 0) is 43.7 Å². The third-order valence-corrected chi connectivity index (χ3v) is 4.39. The number of carbonyl (C=O) groups excluding carboxylic acids is 2. The lowest BCUT2D eigenvalue weighted by Crippen LogP contribution is -2.37. The molecule has 2 aromatic carbocycles. The fourth-order valence-electron chi connectivity index (χ4n) is 2.85. The largest absolute Gasteiger partial charge is 0.477 e. The number of benzene rings is 2. The summed E-state index contributed by atoms with van der Waals surface area (Å²) in [6.45, 7) is 5.47. The summed E-state index contributed by atoms with van der Waals surface area (Å²) in [6, 6.07) is 11.8. The SMILES string of the molecule is CCN(CCNC(=O)COc1ccc(C(=O)OC)cc1[N+](=O)[O-])c1cccc(C)c1. The third-order valence-electron chi connectivity index (χ3n) is 4.39. The molecule has 30 heavy (non-hydrogen) atoms. The zero-order chi connectivity index (χ0) is 22.1. The molecule has 0 fully saturated rings. The molecule has 160 valence electrons. The van der Waals surface area contributed by atoms with Crippen molar-refractivity contribution in [3.05, 3.63) is 63.7 Å². The minimum absolute atomic E-state index is 0.0248. The maximum Gasteiger partial charge on any atom is 0.338 e. The van der Waals surface area contributed by atoms with Crippen LogP contribution in [0.3, 0.4) is 0 Å². The van der Waals surface area contributed by atoms with Gasteiger partial charge in [-0.15, -0.1) is 0 Å². The second-order valence-electron chi connectivity index (χ2n) is 6.49. The van der Waals surface area contributed by atoms with Crippen LogP contribution >= 0.6 is 0 Å². The van der Waals surface area contributed by atoms with Gasteiger partial charge >= 0.3 is 11.7 Å². The van der Waals surface area contributed by atoms with Crippen LogP contribution in [0.15, 0.2) is 42.5 Å². The van der Waals surface area contributed by atoms with Gasteiger partial charge in [0.15, 0.2) is 12.4 Å². The van der Waals surface area contributed by atoms with Crippen molar-refractivity contribution in [3.63, 3.8) is 0 Å². The number of carbonyl (C=O) groups is 2. The number of aryl methyl sites for hydroxylation is 1. The van der Waals surface area contributed by atoms with E-state index in [4.69, 9.17) is 4.74 Å². The molecule has 0 saturated carbocycles. The Morgan fingerprint density at radius 2 is 1.97 bits per heavy atom. The predicted molar refractivity (Wildman–Crippen MR) is 112 cm³/mol. The van der Waals surface area contributed by atoms with E-state index in [9.17, 15) is 19.7 Å². The number of hydrogen-bond acceptors (Lipinski definition) is 7. The molecule has 1 amide bonds. The molecule has 2 aromatic rings. The van der Waals surface area contributed by atoms with Crippen LogP contribution in [-0.4, -0.2) is 50.2 Å². The number of nitro benzene ring substituents is 1. The molecule has 1 N–H and O–H groups in total. The minimum atomic E-state index is -0.698. The molecular formula is C21H25N3O6. The van der Waals surface area contributed by atoms with Crippen LogP contribution in [-0.2, 0) is 9.53 Å². The van der Waals surface area contributed by atoms with Crippen LogP contribution in [0.5, 0.6) is 5.75 Å². The monoisotopic (exact) mass is 415 g/mol. The average molecular weight is 415 g/mol. The van der Waals surface area contributed by atoms with Crippen molar-refractivity contribution in [2.24, 2.45) is 0 Å². The Labute approximate surface area is 174 Å². The number of likely N-dealkylation sites (N-methyl/N-ethyl adjacent to an activating group) is 1. The van der Waals surface area contributed by atoms with Crippen molar-refractivity contribution in [1.82, 2.24) is 5.32 Å². The smallest absolute Gasteiger partial charge is 0.338 e. The summed E-state index contributed by atoms with van der Waals surface area (Å²) in [4.78, 5) is 36.3. The minimum Gasteiger partial charge on any atom is -0.477 e. The van der Waals surface area contributed by atoms with Gasteiger partial charge < -0.3 is 19.7 Å². The first-order chi connectivity index (χ1) is 14.3. The maximum absolute atomic E-state index is 12.1. The Morgan fingerprint density at radius 3 is 2.60 bits per heavy atom. The van der Waals surface area contributed by atoms with E-state index in [1.54, 1.807) is 0 Å². The first kappa shape index (κ1) is 22.7. The molecular weight excluding hydrogens is 390 g/mol. The summed E-state index contributed by atoms with van der Waals surface area (Å²) in [5, 5.41) is 14.0. The van der Waals surface area contributed by atoms with Gasteiger partial charge in [-0.1, -0.05) is 12.1 Å². The number of nitrogens with one attached hydrogen (secondary N) is 1. The first-order valence-electron chi connectivity index (χ1n) is 9.43. The molecule has 0 saturated heterocycles. The van der Waals surface area contributed by atoms with E-state index in [2.05, 4.69) is 21.0 Å². The van der Waals surface area contributed by atoms with E-state index in [0.717, 1.165) is 23.9 Å². The molecule has 0 unspecified atom stereocenters. The first-order valence-corrected chi connectivity index (χ1v) is 9.43. The van der Waals surface area contributed by atoms with Gasteiger partial charge in [-0.2, -0.15) is 0 Å². The van der Waals surface area contributed by atoms with Crippen LogP contribution in [0.25, 0.3) is 0 Å². The lowest BCUT2D eigenvalue weighted by atomic mass is 10.2. The van der Waals surface area contributed by atoms with E-state index in [1.807, 2.05) is 32.0 Å². The molecule has 9 nitrogen and oxygen atoms in total. The highest BCUT2D eigenvalue weighted by atomic mass is 16.6. The zero-order valence-electron chi connectivity index (χ0n) is 17.2. The second-order valence-corrected chi connectivity index (χ2v) is 6.49. The molecule has 0 spiro atoms. The number of nitro groups is 1. The summed E-state index contributed by atoms with van der Waals surface area (Å²) in [7, 11) is 1.18. The van der Waals surface area contributed by atoms with Crippen molar-refractivity contribution in [2.75, 3.05) is 38.3 Å². The van der Waals surface area contributed by atoms with Crippen molar-refractivity contribution < 1.29 is 24.0 Å². The highest BCUT2D eigenvalue weighted by Gasteiger charge is 2.20. The van der Waals surface area contributed by atoms with Crippen LogP contribution in [0.2, 0.25) is 0 Å². The topological polar surface area (TPSA) is 111 Å². The predicted octanol–water partition coefficient (Wildman–Crippen LogP) is 2.71. The Kier molecular flexibility index (Phi) is 8.16. The number of amides is 1. The lowest BCUT2D eigenvalue weighted by molar-refractivity contribution is -0.385. The average Bonchev–Trinajstić information content (AvgIpc) is 2.74. The van der Waals surface area contributed by atoms with E-state index in [1.165, 1.54) is 19.2 Å². The summed E-state index contributed by atoms with van der Waals surface area (Å²) >= 11 is 0. The number of esters is 1.